The van der Waals surface area contributed by atoms with Crippen LogP contribution in [0.1, 0.15) is 20.3 Å². The minimum absolute atomic E-state index is 0.170. The summed E-state index contributed by atoms with van der Waals surface area (Å²) in [6.45, 7) is 2.77. The zero-order chi connectivity index (χ0) is 10.1. The van der Waals surface area contributed by atoms with Crippen molar-refractivity contribution < 1.29 is 14.7 Å². The quantitative estimate of drug-likeness (QED) is 0.359. The molecule has 0 saturated carbocycles. The highest BCUT2D eigenvalue weighted by Crippen LogP contribution is 1.78. The average Bonchev–Trinajstić information content (AvgIpc) is 1.84. The summed E-state index contributed by atoms with van der Waals surface area (Å²) in [4.78, 5) is 22.5. The monoisotopic (exact) mass is 175 g/mol. The van der Waals surface area contributed by atoms with E-state index in [-0.39, 0.29) is 11.9 Å². The highest BCUT2D eigenvalue weighted by molar-refractivity contribution is 5.91. The van der Waals surface area contributed by atoms with Gasteiger partial charge in [0.25, 0.3) is 5.97 Å². The van der Waals surface area contributed by atoms with Gasteiger partial charge in [0.15, 0.2) is 5.96 Å². The van der Waals surface area contributed by atoms with E-state index in [0.717, 1.165) is 6.92 Å². The number of amides is 1. The number of carboxylic acids is 1. The standard InChI is InChI=1S/C4H9N3O.C2H4O2/c1-2-3(8)7-4(5)6;1-2(3)4/h2H2,1H3,(H4,5,6,7,8);1H3,(H,3,4). The van der Waals surface area contributed by atoms with Crippen molar-refractivity contribution >= 4 is 17.8 Å². The van der Waals surface area contributed by atoms with Crippen LogP contribution >= 0.6 is 0 Å². The number of aliphatic imine (C=N–C) groups is 1. The molecule has 0 rings (SSSR count). The van der Waals surface area contributed by atoms with Crippen LogP contribution in [0, 0.1) is 0 Å². The summed E-state index contributed by atoms with van der Waals surface area (Å²) in [5.74, 6) is -1.29. The summed E-state index contributed by atoms with van der Waals surface area (Å²) in [6, 6.07) is 0. The van der Waals surface area contributed by atoms with Crippen LogP contribution in [-0.4, -0.2) is 22.9 Å². The molecule has 0 aromatic carbocycles. The molecule has 0 aliphatic carbocycles. The van der Waals surface area contributed by atoms with Gasteiger partial charge in [0, 0.05) is 13.3 Å². The highest BCUT2D eigenvalue weighted by atomic mass is 16.4. The van der Waals surface area contributed by atoms with Crippen LogP contribution < -0.4 is 11.5 Å². The van der Waals surface area contributed by atoms with Gasteiger partial charge in [0.1, 0.15) is 0 Å². The van der Waals surface area contributed by atoms with Crippen LogP contribution in [-0.2, 0) is 9.59 Å². The topological polar surface area (TPSA) is 119 Å². The van der Waals surface area contributed by atoms with E-state index in [9.17, 15) is 4.79 Å². The molecule has 5 N–H and O–H groups in total. The molecule has 0 aromatic heterocycles. The Morgan fingerprint density at radius 3 is 1.83 bits per heavy atom. The number of carboxylic acid groups (broad SMARTS) is 1. The Hall–Kier alpha value is -1.59. The van der Waals surface area contributed by atoms with Crippen molar-refractivity contribution in [1.82, 2.24) is 0 Å². The van der Waals surface area contributed by atoms with Gasteiger partial charge in [0.2, 0.25) is 5.91 Å². The lowest BCUT2D eigenvalue weighted by Gasteiger charge is -1.85. The van der Waals surface area contributed by atoms with Gasteiger partial charge in [-0.3, -0.25) is 9.59 Å². The van der Waals surface area contributed by atoms with E-state index in [1.807, 2.05) is 0 Å². The molecule has 0 aliphatic heterocycles. The van der Waals surface area contributed by atoms with Gasteiger partial charge in [-0.05, 0) is 0 Å². The van der Waals surface area contributed by atoms with Crippen molar-refractivity contribution in [2.75, 3.05) is 0 Å². The molecular formula is C6H13N3O3. The first-order valence-electron chi connectivity index (χ1n) is 3.22. The number of hydrogen-bond acceptors (Lipinski definition) is 2. The molecule has 0 unspecified atom stereocenters. The maximum absolute atomic E-state index is 10.3. The molecule has 0 radical (unpaired) electrons. The van der Waals surface area contributed by atoms with Gasteiger partial charge in [-0.25, -0.2) is 0 Å². The van der Waals surface area contributed by atoms with E-state index in [2.05, 4.69) is 4.99 Å². The Balaban J connectivity index is 0. The molecule has 0 fully saturated rings. The maximum atomic E-state index is 10.3. The van der Waals surface area contributed by atoms with Crippen molar-refractivity contribution in [1.29, 1.82) is 0 Å². The van der Waals surface area contributed by atoms with Crippen molar-refractivity contribution in [2.45, 2.75) is 20.3 Å². The Morgan fingerprint density at radius 1 is 1.42 bits per heavy atom. The number of carbonyl (C=O) groups is 2. The van der Waals surface area contributed by atoms with Gasteiger partial charge in [-0.2, -0.15) is 4.99 Å². The molecule has 0 saturated heterocycles. The van der Waals surface area contributed by atoms with Crippen LogP contribution in [0.3, 0.4) is 0 Å². The fourth-order valence-corrected chi connectivity index (χ4v) is 0.223. The van der Waals surface area contributed by atoms with Crippen LogP contribution in [0.2, 0.25) is 0 Å². The van der Waals surface area contributed by atoms with E-state index in [4.69, 9.17) is 21.4 Å². The molecule has 12 heavy (non-hydrogen) atoms. The third kappa shape index (κ3) is 23.7. The van der Waals surface area contributed by atoms with Gasteiger partial charge in [-0.15, -0.1) is 0 Å². The third-order valence-electron chi connectivity index (χ3n) is 0.556. The normalized spacial score (nSPS) is 7.50. The van der Waals surface area contributed by atoms with Gasteiger partial charge < -0.3 is 16.6 Å². The zero-order valence-electron chi connectivity index (χ0n) is 7.07. The molecule has 0 atom stereocenters. The van der Waals surface area contributed by atoms with E-state index in [1.54, 1.807) is 6.92 Å². The van der Waals surface area contributed by atoms with E-state index in [0.29, 0.717) is 6.42 Å². The van der Waals surface area contributed by atoms with Crippen molar-refractivity contribution in [2.24, 2.45) is 16.5 Å². The largest absolute Gasteiger partial charge is 0.481 e. The third-order valence-corrected chi connectivity index (χ3v) is 0.556. The summed E-state index contributed by atoms with van der Waals surface area (Å²) < 4.78 is 0. The van der Waals surface area contributed by atoms with E-state index < -0.39 is 5.97 Å². The predicted octanol–water partition coefficient (Wildman–Crippen LogP) is -0.713. The number of nitrogens with two attached hydrogens (primary N) is 2. The Morgan fingerprint density at radius 2 is 1.75 bits per heavy atom. The van der Waals surface area contributed by atoms with Crippen LogP contribution in [0.15, 0.2) is 4.99 Å². The first kappa shape index (κ1) is 13.0. The second kappa shape index (κ2) is 7.52. The van der Waals surface area contributed by atoms with Crippen molar-refractivity contribution in [3.8, 4) is 0 Å². The first-order chi connectivity index (χ1) is 5.40. The molecule has 1 amide bonds. The first-order valence-corrected chi connectivity index (χ1v) is 3.22. The summed E-state index contributed by atoms with van der Waals surface area (Å²) in [6.07, 6.45) is 0.345. The van der Waals surface area contributed by atoms with Gasteiger partial charge in [0.05, 0.1) is 0 Å². The fraction of sp³-hybridized carbons (Fsp3) is 0.500. The van der Waals surface area contributed by atoms with Crippen molar-refractivity contribution in [3.05, 3.63) is 0 Å². The summed E-state index contributed by atoms with van der Waals surface area (Å²) in [7, 11) is 0. The molecule has 0 bridgehead atoms. The Bertz CT molecular complexity index is 180. The second-order valence-electron chi connectivity index (χ2n) is 1.80. The van der Waals surface area contributed by atoms with Crippen LogP contribution in [0.5, 0.6) is 0 Å². The number of aliphatic carboxylic acids is 1. The smallest absolute Gasteiger partial charge is 0.300 e. The minimum atomic E-state index is -0.833. The number of carbonyl (C=O) groups excluding carboxylic acids is 1. The Kier molecular flexibility index (Phi) is 8.16. The molecular weight excluding hydrogens is 162 g/mol. The summed E-state index contributed by atoms with van der Waals surface area (Å²) in [5.41, 5.74) is 9.75. The average molecular weight is 175 g/mol. The van der Waals surface area contributed by atoms with Crippen LogP contribution in [0.4, 0.5) is 0 Å². The maximum Gasteiger partial charge on any atom is 0.300 e. The van der Waals surface area contributed by atoms with Crippen LogP contribution in [0.25, 0.3) is 0 Å². The molecule has 0 heterocycles. The molecule has 6 nitrogen and oxygen atoms in total. The molecule has 6 heteroatoms. The second-order valence-corrected chi connectivity index (χ2v) is 1.80. The summed E-state index contributed by atoms with van der Waals surface area (Å²) in [5, 5.41) is 7.42. The highest BCUT2D eigenvalue weighted by Gasteiger charge is 1.90. The summed E-state index contributed by atoms with van der Waals surface area (Å²) >= 11 is 0. The fourth-order valence-electron chi connectivity index (χ4n) is 0.223. The number of hydrogen-bond donors (Lipinski definition) is 3. The predicted molar refractivity (Wildman–Crippen MR) is 44.4 cm³/mol. The molecule has 0 aromatic rings. The number of guanidine groups is 1. The number of rotatable bonds is 1. The SMILES string of the molecule is CC(=O)O.CCC(=O)N=C(N)N. The lowest BCUT2D eigenvalue weighted by Crippen LogP contribution is -2.23. The molecule has 0 aliphatic rings. The number of nitrogens with zero attached hydrogens (tertiary/aromatic N) is 1. The van der Waals surface area contributed by atoms with Crippen molar-refractivity contribution in [3.63, 3.8) is 0 Å². The Labute approximate surface area is 70.3 Å². The van der Waals surface area contributed by atoms with Gasteiger partial charge >= 0.3 is 0 Å². The molecule has 0 spiro atoms. The zero-order valence-corrected chi connectivity index (χ0v) is 7.07. The van der Waals surface area contributed by atoms with E-state index >= 15 is 0 Å². The lowest BCUT2D eigenvalue weighted by atomic mass is 10.5. The molecule has 70 valence electrons. The minimum Gasteiger partial charge on any atom is -0.481 e. The lowest BCUT2D eigenvalue weighted by molar-refractivity contribution is -0.134. The van der Waals surface area contributed by atoms with Gasteiger partial charge in [-0.1, -0.05) is 6.92 Å². The van der Waals surface area contributed by atoms with E-state index in [1.165, 1.54) is 0 Å².